The number of nitrogens with zero attached hydrogens (tertiary/aromatic N) is 3. The van der Waals surface area contributed by atoms with Crippen LogP contribution in [0.1, 0.15) is 41.7 Å². The van der Waals surface area contributed by atoms with E-state index in [4.69, 9.17) is 37.1 Å². The minimum atomic E-state index is -1.19. The monoisotopic (exact) mass is 406 g/mol. The zero-order valence-electron chi connectivity index (χ0n) is 17.1. The Labute approximate surface area is 184 Å². The molecule has 8 radical (unpaired) electrons. The summed E-state index contributed by atoms with van der Waals surface area (Å²) in [6, 6.07) is 3.15. The number of carbonyl (C=O) groups excluding carboxylic acids is 1. The SMILES string of the molecule is [B]C1([B])C([B])([B])C12CCC1(CC2)NC(=O)c2c(C)cc(Nc3cc(N)ncn3)c(=O)n21. The van der Waals surface area contributed by atoms with Gasteiger partial charge in [0.2, 0.25) is 0 Å². The van der Waals surface area contributed by atoms with Crippen LogP contribution in [0.3, 0.4) is 0 Å². The molecule has 31 heavy (non-hydrogen) atoms. The smallest absolute Gasteiger partial charge is 0.276 e. The fraction of sp³-hybridized carbons (Fsp3) is 0.474. The van der Waals surface area contributed by atoms with Crippen LogP contribution in [0.5, 0.6) is 0 Å². The average molecular weight is 406 g/mol. The summed E-state index contributed by atoms with van der Waals surface area (Å²) in [7, 11) is 24.7. The number of carbonyl (C=O) groups is 1. The van der Waals surface area contributed by atoms with Crippen LogP contribution < -0.4 is 21.9 Å². The highest BCUT2D eigenvalue weighted by molar-refractivity contribution is 6.61. The van der Waals surface area contributed by atoms with Crippen LogP contribution in [-0.4, -0.2) is 51.8 Å². The van der Waals surface area contributed by atoms with E-state index in [1.807, 2.05) is 0 Å². The predicted octanol–water partition coefficient (Wildman–Crippen LogP) is 0.149. The van der Waals surface area contributed by atoms with Gasteiger partial charge in [-0.1, -0.05) is 5.41 Å². The summed E-state index contributed by atoms with van der Waals surface area (Å²) in [6.07, 6.45) is 3.13. The molecule has 2 aromatic rings. The Kier molecular flexibility index (Phi) is 3.91. The number of amides is 1. The van der Waals surface area contributed by atoms with Gasteiger partial charge in [0.05, 0.1) is 31.4 Å². The molecule has 3 aliphatic rings. The number of pyridine rings is 1. The van der Waals surface area contributed by atoms with Crippen LogP contribution in [0.15, 0.2) is 23.3 Å². The van der Waals surface area contributed by atoms with Gasteiger partial charge in [0.25, 0.3) is 11.5 Å². The van der Waals surface area contributed by atoms with E-state index in [9.17, 15) is 9.59 Å². The molecule has 0 bridgehead atoms. The molecule has 2 saturated carbocycles. The number of anilines is 3. The first kappa shape index (κ1) is 20.3. The molecule has 1 aliphatic heterocycles. The Balaban J connectivity index is 1.55. The molecule has 2 spiro atoms. The van der Waals surface area contributed by atoms with Crippen LogP contribution in [0, 0.1) is 12.3 Å². The van der Waals surface area contributed by atoms with Gasteiger partial charge in [0.15, 0.2) is 0 Å². The van der Waals surface area contributed by atoms with Gasteiger partial charge in [0.1, 0.15) is 35.0 Å². The van der Waals surface area contributed by atoms with Crippen molar-refractivity contribution >= 4 is 54.6 Å². The molecular weight excluding hydrogens is 387 g/mol. The van der Waals surface area contributed by atoms with E-state index < -0.39 is 21.5 Å². The standard InChI is InChI=1S/C19H18B4N6O2/c1-9-6-10(27-12-7-11(24)25-8-26-12)15(31)29-13(9)14(30)28-17(29)4-2-16(3-5-17)18(20,21)19(16,22)23/h6-8H,2-5H2,1H3,(H,28,30)(H3,24,25,26,27). The van der Waals surface area contributed by atoms with Crippen molar-refractivity contribution in [2.45, 2.75) is 48.7 Å². The molecule has 148 valence electrons. The lowest BCUT2D eigenvalue weighted by atomic mass is 9.49. The van der Waals surface area contributed by atoms with Crippen LogP contribution >= 0.6 is 0 Å². The molecule has 0 saturated heterocycles. The fourth-order valence-corrected chi connectivity index (χ4v) is 5.50. The topological polar surface area (TPSA) is 115 Å². The number of aryl methyl sites for hydroxylation is 1. The Morgan fingerprint density at radius 2 is 1.71 bits per heavy atom. The zero-order valence-corrected chi connectivity index (χ0v) is 17.1. The van der Waals surface area contributed by atoms with Crippen LogP contribution in [0.2, 0.25) is 10.4 Å². The Morgan fingerprint density at radius 3 is 2.29 bits per heavy atom. The fourth-order valence-electron chi connectivity index (χ4n) is 5.50. The maximum atomic E-state index is 13.5. The number of aromatic nitrogens is 3. The average Bonchev–Trinajstić information content (AvgIpc) is 2.90. The third kappa shape index (κ3) is 2.41. The first-order valence-electron chi connectivity index (χ1n) is 10.1. The van der Waals surface area contributed by atoms with Crippen molar-refractivity contribution in [3.63, 3.8) is 0 Å². The van der Waals surface area contributed by atoms with Gasteiger partial charge in [0, 0.05) is 6.07 Å². The Hall–Kier alpha value is -2.64. The minimum absolute atomic E-state index is 0.268. The third-order valence-corrected chi connectivity index (χ3v) is 7.47. The van der Waals surface area contributed by atoms with E-state index in [1.54, 1.807) is 13.0 Å². The first-order chi connectivity index (χ1) is 14.5. The van der Waals surface area contributed by atoms with Gasteiger partial charge in [-0.3, -0.25) is 14.2 Å². The molecule has 1 amide bonds. The number of hydrogen-bond donors (Lipinski definition) is 3. The molecule has 5 rings (SSSR count). The molecule has 2 aliphatic carbocycles. The third-order valence-electron chi connectivity index (χ3n) is 7.47. The summed E-state index contributed by atoms with van der Waals surface area (Å²) in [5, 5.41) is 3.64. The summed E-state index contributed by atoms with van der Waals surface area (Å²) < 4.78 is 1.54. The van der Waals surface area contributed by atoms with Crippen molar-refractivity contribution in [3.05, 3.63) is 40.1 Å². The second-order valence-corrected chi connectivity index (χ2v) is 8.99. The second kappa shape index (κ2) is 5.98. The second-order valence-electron chi connectivity index (χ2n) is 8.99. The quantitative estimate of drug-likeness (QED) is 0.613. The molecule has 4 N–H and O–H groups in total. The van der Waals surface area contributed by atoms with E-state index >= 15 is 0 Å². The van der Waals surface area contributed by atoms with Crippen LogP contribution in [-0.2, 0) is 5.66 Å². The molecule has 2 aromatic heterocycles. The van der Waals surface area contributed by atoms with Gasteiger partial charge in [-0.25, -0.2) is 9.97 Å². The molecule has 0 unspecified atom stereocenters. The molecule has 0 atom stereocenters. The highest BCUT2D eigenvalue weighted by Gasteiger charge is 2.74. The van der Waals surface area contributed by atoms with Gasteiger partial charge in [-0.05, 0) is 44.2 Å². The van der Waals surface area contributed by atoms with Gasteiger partial charge in [-0.15, -0.1) is 10.4 Å². The largest absolute Gasteiger partial charge is 0.384 e. The van der Waals surface area contributed by atoms with Crippen molar-refractivity contribution in [1.82, 2.24) is 19.9 Å². The van der Waals surface area contributed by atoms with Gasteiger partial charge in [-0.2, -0.15) is 0 Å². The maximum absolute atomic E-state index is 13.5. The first-order valence-corrected chi connectivity index (χ1v) is 10.1. The van der Waals surface area contributed by atoms with E-state index in [-0.39, 0.29) is 23.0 Å². The van der Waals surface area contributed by atoms with Crippen LogP contribution in [0.25, 0.3) is 0 Å². The number of nitrogens with two attached hydrogens (primary N) is 1. The highest BCUT2D eigenvalue weighted by Crippen LogP contribution is 2.87. The lowest BCUT2D eigenvalue weighted by molar-refractivity contribution is 0.0816. The minimum Gasteiger partial charge on any atom is -0.384 e. The summed E-state index contributed by atoms with van der Waals surface area (Å²) in [6.45, 7) is 1.78. The van der Waals surface area contributed by atoms with E-state index in [0.717, 1.165) is 0 Å². The van der Waals surface area contributed by atoms with Crippen molar-refractivity contribution in [2.24, 2.45) is 5.41 Å². The highest BCUT2D eigenvalue weighted by atomic mass is 16.2. The lowest BCUT2D eigenvalue weighted by Crippen LogP contribution is -2.50. The number of rotatable bonds is 2. The normalized spacial score (nSPS) is 23.3. The van der Waals surface area contributed by atoms with Crippen molar-refractivity contribution in [3.8, 4) is 0 Å². The van der Waals surface area contributed by atoms with Crippen molar-refractivity contribution in [1.29, 1.82) is 0 Å². The summed E-state index contributed by atoms with van der Waals surface area (Å²) in [4.78, 5) is 34.3. The molecule has 3 heterocycles. The number of nitrogens with one attached hydrogen (secondary N) is 2. The maximum Gasteiger partial charge on any atom is 0.276 e. The zero-order chi connectivity index (χ0) is 22.4. The van der Waals surface area contributed by atoms with E-state index in [0.29, 0.717) is 42.8 Å². The molecule has 8 nitrogen and oxygen atoms in total. The lowest BCUT2D eigenvalue weighted by Gasteiger charge is -2.41. The summed E-state index contributed by atoms with van der Waals surface area (Å²) in [5.41, 5.74) is 5.11. The van der Waals surface area contributed by atoms with Crippen molar-refractivity contribution in [2.75, 3.05) is 11.1 Å². The summed E-state index contributed by atoms with van der Waals surface area (Å²) >= 11 is 0. The molecular formula is C19H18B4N6O2. The van der Waals surface area contributed by atoms with E-state index in [1.165, 1.54) is 17.0 Å². The Bertz CT molecular complexity index is 1170. The number of hydrogen-bond acceptors (Lipinski definition) is 6. The molecule has 0 aromatic carbocycles. The molecule has 12 heteroatoms. The van der Waals surface area contributed by atoms with E-state index in [2.05, 4.69) is 20.6 Å². The van der Waals surface area contributed by atoms with Gasteiger partial charge >= 0.3 is 0 Å². The van der Waals surface area contributed by atoms with Crippen molar-refractivity contribution < 1.29 is 4.79 Å². The van der Waals surface area contributed by atoms with Gasteiger partial charge < -0.3 is 16.4 Å². The predicted molar refractivity (Wildman–Crippen MR) is 120 cm³/mol. The summed E-state index contributed by atoms with van der Waals surface area (Å²) in [5.74, 6) is 0.353. The molecule has 2 fully saturated rings. The number of fused-ring (bicyclic) bond motifs is 2. The Morgan fingerprint density at radius 1 is 1.06 bits per heavy atom. The number of nitrogen functional groups attached to an aromatic ring is 1. The van der Waals surface area contributed by atoms with Crippen LogP contribution in [0.4, 0.5) is 17.3 Å².